The van der Waals surface area contributed by atoms with Crippen LogP contribution >= 0.6 is 0 Å². The van der Waals surface area contributed by atoms with Crippen molar-refractivity contribution in [3.8, 4) is 0 Å². The van der Waals surface area contributed by atoms with Crippen LogP contribution in [0.3, 0.4) is 0 Å². The third-order valence-electron chi connectivity index (χ3n) is 10.5. The summed E-state index contributed by atoms with van der Waals surface area (Å²) in [5.74, 6) is 4.78. The zero-order valence-corrected chi connectivity index (χ0v) is 22.8. The minimum Gasteiger partial charge on any atom is -0.726 e. The molecule has 4 aliphatic carbocycles. The van der Waals surface area contributed by atoms with Crippen LogP contribution in [0, 0.1) is 46.3 Å². The van der Waals surface area contributed by atoms with E-state index in [1.165, 1.54) is 50.5 Å². The summed E-state index contributed by atoms with van der Waals surface area (Å²) in [6.07, 6.45) is 14.8. The molecule has 0 spiro atoms. The van der Waals surface area contributed by atoms with Gasteiger partial charge < -0.3 is 4.55 Å². The quantitative estimate of drug-likeness (QED) is 0.244. The average Bonchev–Trinajstić information content (AvgIpc) is 3.04. The second-order valence-corrected chi connectivity index (χ2v) is 13.7. The van der Waals surface area contributed by atoms with Crippen molar-refractivity contribution in [2.75, 3.05) is 0 Å². The molecule has 4 nitrogen and oxygen atoms in total. The molecule has 0 heterocycles. The largest absolute Gasteiger partial charge is 1.00 e. The Bertz CT molecular complexity index is 824. The van der Waals surface area contributed by atoms with Crippen LogP contribution in [0.15, 0.2) is 11.6 Å². The van der Waals surface area contributed by atoms with Crippen LogP contribution in [0.1, 0.15) is 105 Å². The van der Waals surface area contributed by atoms with E-state index >= 15 is 0 Å². The minimum absolute atomic E-state index is 0. The van der Waals surface area contributed by atoms with Gasteiger partial charge >= 0.3 is 18.9 Å². The Morgan fingerprint density at radius 1 is 1.06 bits per heavy atom. The number of rotatable bonds is 7. The number of allylic oxidation sites excluding steroid dienone is 1. The van der Waals surface area contributed by atoms with Crippen molar-refractivity contribution < 1.29 is 36.0 Å². The molecule has 4 rings (SSSR count). The predicted molar refractivity (Wildman–Crippen MR) is 128 cm³/mol. The Hall–Kier alpha value is 0.207. The molecular formula is C27H45LiO4S. The molecule has 6 heteroatoms. The van der Waals surface area contributed by atoms with Gasteiger partial charge in [0.1, 0.15) is 0 Å². The van der Waals surface area contributed by atoms with Gasteiger partial charge in [-0.3, -0.25) is 4.18 Å². The first kappa shape index (κ1) is 27.8. The molecular weight excluding hydrogens is 427 g/mol. The molecule has 0 radical (unpaired) electrons. The van der Waals surface area contributed by atoms with Gasteiger partial charge in [0, 0.05) is 0 Å². The molecule has 3 saturated carbocycles. The molecule has 8 atom stereocenters. The van der Waals surface area contributed by atoms with Gasteiger partial charge in [0.15, 0.2) is 0 Å². The van der Waals surface area contributed by atoms with E-state index in [1.807, 2.05) is 0 Å². The van der Waals surface area contributed by atoms with E-state index in [9.17, 15) is 13.0 Å². The van der Waals surface area contributed by atoms with Gasteiger partial charge in [-0.05, 0) is 97.7 Å². The Balaban J connectivity index is 0.00000306. The molecule has 0 saturated heterocycles. The molecule has 3 fully saturated rings. The van der Waals surface area contributed by atoms with Gasteiger partial charge in [-0.15, -0.1) is 0 Å². The summed E-state index contributed by atoms with van der Waals surface area (Å²) in [6, 6.07) is 0. The fourth-order valence-corrected chi connectivity index (χ4v) is 9.40. The van der Waals surface area contributed by atoms with Gasteiger partial charge in [0.2, 0.25) is 10.4 Å². The molecule has 0 bridgehead atoms. The number of fused-ring (bicyclic) bond motifs is 5. The van der Waals surface area contributed by atoms with Gasteiger partial charge in [-0.2, -0.15) is 0 Å². The standard InChI is InChI=1S/C27H46O4S.Li/c1-18(2)7-6-8-19(3)23-11-12-24-22-10-9-20-17-21(31-32(28,29)30)13-15-26(20,4)25(22)14-16-27(23,24)5;/h9,18-19,21-25H,6-8,10-17H2,1-5H3,(H,28,29,30);/q;+1/p-1/t19?,21?,22?,23?,24?,25?,26-,27+;/m0./s1. The fraction of sp³-hybridized carbons (Fsp3) is 0.926. The molecule has 0 aromatic carbocycles. The Morgan fingerprint density at radius 2 is 1.79 bits per heavy atom. The summed E-state index contributed by atoms with van der Waals surface area (Å²) in [5, 5.41) is 0. The molecule has 4 aliphatic rings. The van der Waals surface area contributed by atoms with E-state index in [2.05, 4.69) is 40.7 Å². The summed E-state index contributed by atoms with van der Waals surface area (Å²) >= 11 is 0. The average molecular weight is 473 g/mol. The SMILES string of the molecule is CC(C)CCCC(C)C1CCC2C3CC=C4CC(OS(=O)(=O)[O-])CC[C@]4(C)C3CC[C@]12C.[Li+]. The maximum absolute atomic E-state index is 11.1. The van der Waals surface area contributed by atoms with Crippen molar-refractivity contribution in [3.63, 3.8) is 0 Å². The first-order valence-corrected chi connectivity index (χ1v) is 14.6. The Morgan fingerprint density at radius 3 is 2.45 bits per heavy atom. The van der Waals surface area contributed by atoms with Crippen molar-refractivity contribution in [1.29, 1.82) is 0 Å². The van der Waals surface area contributed by atoms with Crippen LogP contribution in [0.25, 0.3) is 0 Å². The topological polar surface area (TPSA) is 66.4 Å². The smallest absolute Gasteiger partial charge is 0.726 e. The molecule has 184 valence electrons. The van der Waals surface area contributed by atoms with Crippen LogP contribution in [0.2, 0.25) is 0 Å². The molecule has 0 N–H and O–H groups in total. The molecule has 0 aliphatic heterocycles. The van der Waals surface area contributed by atoms with Crippen molar-refractivity contribution in [2.45, 2.75) is 111 Å². The summed E-state index contributed by atoms with van der Waals surface area (Å²) in [7, 11) is -4.63. The van der Waals surface area contributed by atoms with Crippen molar-refractivity contribution in [2.24, 2.45) is 46.3 Å². The van der Waals surface area contributed by atoms with Crippen molar-refractivity contribution in [3.05, 3.63) is 11.6 Å². The van der Waals surface area contributed by atoms with Crippen molar-refractivity contribution in [1.82, 2.24) is 0 Å². The normalized spacial score (nSPS) is 41.4. The summed E-state index contributed by atoms with van der Waals surface area (Å²) in [4.78, 5) is 0. The van der Waals surface area contributed by atoms with Gasteiger partial charge in [-0.1, -0.05) is 65.5 Å². The zero-order valence-electron chi connectivity index (χ0n) is 21.9. The van der Waals surface area contributed by atoms with E-state index < -0.39 is 16.5 Å². The Kier molecular flexibility index (Phi) is 8.67. The maximum Gasteiger partial charge on any atom is 1.00 e. The van der Waals surface area contributed by atoms with Crippen LogP contribution in [-0.2, 0) is 14.6 Å². The van der Waals surface area contributed by atoms with Gasteiger partial charge in [0.05, 0.1) is 6.10 Å². The van der Waals surface area contributed by atoms with Crippen LogP contribution < -0.4 is 18.9 Å². The summed E-state index contributed by atoms with van der Waals surface area (Å²) < 4.78 is 38.2. The van der Waals surface area contributed by atoms with E-state index in [0.29, 0.717) is 24.2 Å². The second-order valence-electron chi connectivity index (χ2n) is 12.7. The fourth-order valence-electron chi connectivity index (χ4n) is 8.90. The Labute approximate surface area is 215 Å². The molecule has 0 amide bonds. The summed E-state index contributed by atoms with van der Waals surface area (Å²) in [6.45, 7) is 12.2. The molecule has 6 unspecified atom stereocenters. The van der Waals surface area contributed by atoms with E-state index in [4.69, 9.17) is 4.18 Å². The predicted octanol–water partition coefficient (Wildman–Crippen LogP) is 3.88. The van der Waals surface area contributed by atoms with Gasteiger partial charge in [0.25, 0.3) is 0 Å². The first-order chi connectivity index (χ1) is 14.9. The maximum atomic E-state index is 11.1. The van der Waals surface area contributed by atoms with Gasteiger partial charge in [-0.25, -0.2) is 8.42 Å². The van der Waals surface area contributed by atoms with Crippen molar-refractivity contribution >= 4 is 10.4 Å². The van der Waals surface area contributed by atoms with E-state index in [-0.39, 0.29) is 24.3 Å². The molecule has 33 heavy (non-hydrogen) atoms. The van der Waals surface area contributed by atoms with E-state index in [0.717, 1.165) is 42.4 Å². The van der Waals surface area contributed by atoms with Crippen LogP contribution in [0.5, 0.6) is 0 Å². The third-order valence-corrected chi connectivity index (χ3v) is 11.0. The first-order valence-electron chi connectivity index (χ1n) is 13.3. The monoisotopic (exact) mass is 472 g/mol. The number of hydrogen-bond donors (Lipinski definition) is 0. The van der Waals surface area contributed by atoms with E-state index in [1.54, 1.807) is 0 Å². The molecule has 0 aromatic heterocycles. The number of hydrogen-bond acceptors (Lipinski definition) is 4. The third kappa shape index (κ3) is 5.48. The molecule has 0 aromatic rings. The second kappa shape index (κ2) is 10.3. The van der Waals surface area contributed by atoms with Crippen LogP contribution in [-0.4, -0.2) is 19.1 Å². The summed E-state index contributed by atoms with van der Waals surface area (Å²) in [5.41, 5.74) is 1.99. The van der Waals surface area contributed by atoms with Crippen LogP contribution in [0.4, 0.5) is 0 Å². The minimum atomic E-state index is -4.63. The zero-order chi connectivity index (χ0) is 23.3.